The Kier molecular flexibility index (Phi) is 3.93. The van der Waals surface area contributed by atoms with Crippen LogP contribution in [0.5, 0.6) is 0 Å². The van der Waals surface area contributed by atoms with E-state index in [0.717, 1.165) is 12.8 Å². The Labute approximate surface area is 118 Å². The number of benzene rings is 1. The van der Waals surface area contributed by atoms with Gasteiger partial charge in [0.1, 0.15) is 11.4 Å². The van der Waals surface area contributed by atoms with Crippen molar-refractivity contribution in [3.63, 3.8) is 0 Å². The summed E-state index contributed by atoms with van der Waals surface area (Å²) in [7, 11) is 3.47. The summed E-state index contributed by atoms with van der Waals surface area (Å²) in [6, 6.07) is 6.55. The van der Waals surface area contributed by atoms with Crippen molar-refractivity contribution in [2.24, 2.45) is 0 Å². The van der Waals surface area contributed by atoms with E-state index in [1.54, 1.807) is 31.1 Å². The third kappa shape index (κ3) is 2.74. The molecule has 0 spiro atoms. The molecule has 106 valence electrons. The molecule has 1 N–H and O–H groups in total. The Morgan fingerprint density at radius 3 is 2.55 bits per heavy atom. The number of hydrogen-bond donors (Lipinski definition) is 1. The van der Waals surface area contributed by atoms with E-state index in [2.05, 4.69) is 11.4 Å². The molecule has 1 fully saturated rings. The van der Waals surface area contributed by atoms with E-state index < -0.39 is 17.3 Å². The van der Waals surface area contributed by atoms with Crippen molar-refractivity contribution in [2.75, 3.05) is 19.0 Å². The highest BCUT2D eigenvalue weighted by Gasteiger charge is 2.35. The van der Waals surface area contributed by atoms with Gasteiger partial charge in [-0.3, -0.25) is 4.79 Å². The highest BCUT2D eigenvalue weighted by atomic mass is 19.1. The quantitative estimate of drug-likeness (QED) is 0.922. The van der Waals surface area contributed by atoms with Gasteiger partial charge < -0.3 is 10.2 Å². The zero-order valence-corrected chi connectivity index (χ0v) is 11.7. The van der Waals surface area contributed by atoms with Gasteiger partial charge in [0.2, 0.25) is 0 Å². The maximum absolute atomic E-state index is 13.9. The summed E-state index contributed by atoms with van der Waals surface area (Å²) in [6.45, 7) is 0. The molecule has 1 aliphatic carbocycles. The van der Waals surface area contributed by atoms with Gasteiger partial charge in [0, 0.05) is 19.7 Å². The highest BCUT2D eigenvalue weighted by Crippen LogP contribution is 2.29. The minimum atomic E-state index is -0.784. The van der Waals surface area contributed by atoms with Crippen molar-refractivity contribution < 1.29 is 9.18 Å². The summed E-state index contributed by atoms with van der Waals surface area (Å²) in [5.41, 5.74) is -0.111. The first-order chi connectivity index (χ1) is 9.47. The van der Waals surface area contributed by atoms with Crippen LogP contribution in [-0.4, -0.2) is 25.5 Å². The van der Waals surface area contributed by atoms with Crippen molar-refractivity contribution in [3.8, 4) is 6.07 Å². The maximum atomic E-state index is 13.9. The van der Waals surface area contributed by atoms with Crippen LogP contribution in [0.3, 0.4) is 0 Å². The van der Waals surface area contributed by atoms with Gasteiger partial charge in [0.05, 0.1) is 11.8 Å². The van der Waals surface area contributed by atoms with Crippen molar-refractivity contribution in [2.45, 2.75) is 31.2 Å². The summed E-state index contributed by atoms with van der Waals surface area (Å²) in [6.07, 6.45) is 3.19. The zero-order chi connectivity index (χ0) is 14.8. The molecule has 0 heterocycles. The molecule has 1 aromatic rings. The second kappa shape index (κ2) is 5.49. The van der Waals surface area contributed by atoms with Gasteiger partial charge in [-0.1, -0.05) is 0 Å². The third-order valence-corrected chi connectivity index (χ3v) is 3.72. The van der Waals surface area contributed by atoms with Gasteiger partial charge in [-0.2, -0.15) is 5.26 Å². The molecule has 0 bridgehead atoms. The lowest BCUT2D eigenvalue weighted by Gasteiger charge is -2.22. The average molecular weight is 275 g/mol. The maximum Gasteiger partial charge on any atom is 0.252 e. The lowest BCUT2D eigenvalue weighted by molar-refractivity contribution is 0.0920. The molecule has 0 aliphatic heterocycles. The molecule has 5 heteroatoms. The zero-order valence-electron chi connectivity index (χ0n) is 11.7. The van der Waals surface area contributed by atoms with Crippen LogP contribution < -0.4 is 10.2 Å². The van der Waals surface area contributed by atoms with Crippen LogP contribution in [0.4, 0.5) is 10.1 Å². The number of rotatable bonds is 3. The van der Waals surface area contributed by atoms with Gasteiger partial charge in [0.15, 0.2) is 0 Å². The first-order valence-electron chi connectivity index (χ1n) is 6.68. The smallest absolute Gasteiger partial charge is 0.252 e. The normalized spacial score (nSPS) is 16.5. The van der Waals surface area contributed by atoms with E-state index >= 15 is 0 Å². The molecule has 0 aromatic heterocycles. The number of anilines is 1. The Morgan fingerprint density at radius 2 is 2.05 bits per heavy atom. The van der Waals surface area contributed by atoms with Crippen molar-refractivity contribution in [1.29, 1.82) is 5.26 Å². The number of carbonyl (C=O) groups is 1. The van der Waals surface area contributed by atoms with E-state index in [1.807, 2.05) is 0 Å². The number of nitrogens with zero attached hydrogens (tertiary/aromatic N) is 2. The van der Waals surface area contributed by atoms with Crippen molar-refractivity contribution in [3.05, 3.63) is 29.6 Å². The molecular weight excluding hydrogens is 257 g/mol. The van der Waals surface area contributed by atoms with Crippen LogP contribution in [-0.2, 0) is 0 Å². The number of hydrogen-bond acceptors (Lipinski definition) is 3. The summed E-state index contributed by atoms with van der Waals surface area (Å²) in [4.78, 5) is 13.8. The molecule has 4 nitrogen and oxygen atoms in total. The Hall–Kier alpha value is -2.09. The number of amides is 1. The summed E-state index contributed by atoms with van der Waals surface area (Å²) >= 11 is 0. The molecule has 1 amide bonds. The Balaban J connectivity index is 2.18. The van der Waals surface area contributed by atoms with Gasteiger partial charge in [-0.15, -0.1) is 0 Å². The number of nitriles is 1. The van der Waals surface area contributed by atoms with Gasteiger partial charge in [-0.05, 0) is 43.9 Å². The number of carbonyl (C=O) groups excluding carboxylic acids is 1. The molecule has 0 unspecified atom stereocenters. The minimum Gasteiger partial charge on any atom is -0.375 e. The van der Waals surface area contributed by atoms with Crippen LogP contribution >= 0.6 is 0 Å². The fourth-order valence-corrected chi connectivity index (χ4v) is 2.54. The Bertz CT molecular complexity index is 557. The highest BCUT2D eigenvalue weighted by molar-refractivity contribution is 5.95. The molecule has 0 saturated heterocycles. The molecular formula is C15H18FN3O. The van der Waals surface area contributed by atoms with E-state index in [9.17, 15) is 14.4 Å². The predicted molar refractivity (Wildman–Crippen MR) is 75.0 cm³/mol. The molecule has 20 heavy (non-hydrogen) atoms. The first-order valence-corrected chi connectivity index (χ1v) is 6.68. The fraction of sp³-hybridized carbons (Fsp3) is 0.467. The first kappa shape index (κ1) is 14.3. The minimum absolute atomic E-state index is 0.245. The standard InChI is InChI=1S/C15H18FN3O/c1-19(2)13-6-5-11(9-12(13)16)14(20)18-15(10-17)7-3-4-8-15/h5-6,9H,3-4,7-8H2,1-2H3,(H,18,20). The molecule has 1 aliphatic rings. The summed E-state index contributed by atoms with van der Waals surface area (Å²) in [5, 5.41) is 12.0. The van der Waals surface area contributed by atoms with E-state index in [0.29, 0.717) is 18.5 Å². The lowest BCUT2D eigenvalue weighted by Crippen LogP contribution is -2.45. The van der Waals surface area contributed by atoms with Gasteiger partial charge in [-0.25, -0.2) is 4.39 Å². The number of nitrogens with one attached hydrogen (secondary N) is 1. The van der Waals surface area contributed by atoms with Gasteiger partial charge >= 0.3 is 0 Å². The number of halogens is 1. The van der Waals surface area contributed by atoms with Crippen molar-refractivity contribution in [1.82, 2.24) is 5.32 Å². The van der Waals surface area contributed by atoms with E-state index in [-0.39, 0.29) is 5.56 Å². The van der Waals surface area contributed by atoms with Crippen LogP contribution in [0.25, 0.3) is 0 Å². The summed E-state index contributed by atoms with van der Waals surface area (Å²) < 4.78 is 13.9. The topological polar surface area (TPSA) is 56.1 Å². The van der Waals surface area contributed by atoms with Crippen LogP contribution in [0.1, 0.15) is 36.0 Å². The second-order valence-electron chi connectivity index (χ2n) is 5.42. The predicted octanol–water partition coefficient (Wildman–Crippen LogP) is 2.46. The SMILES string of the molecule is CN(C)c1ccc(C(=O)NC2(C#N)CCCC2)cc1F. The largest absolute Gasteiger partial charge is 0.375 e. The molecule has 2 rings (SSSR count). The van der Waals surface area contributed by atoms with E-state index in [1.165, 1.54) is 6.07 Å². The molecule has 0 atom stereocenters. The Morgan fingerprint density at radius 1 is 1.40 bits per heavy atom. The van der Waals surface area contributed by atoms with Crippen LogP contribution in [0.2, 0.25) is 0 Å². The molecule has 1 aromatic carbocycles. The van der Waals surface area contributed by atoms with E-state index in [4.69, 9.17) is 0 Å². The van der Waals surface area contributed by atoms with Crippen LogP contribution in [0, 0.1) is 17.1 Å². The second-order valence-corrected chi connectivity index (χ2v) is 5.42. The van der Waals surface area contributed by atoms with Crippen LogP contribution in [0.15, 0.2) is 18.2 Å². The van der Waals surface area contributed by atoms with Gasteiger partial charge in [0.25, 0.3) is 5.91 Å². The van der Waals surface area contributed by atoms with Crippen molar-refractivity contribution >= 4 is 11.6 Å². The summed E-state index contributed by atoms with van der Waals surface area (Å²) in [5.74, 6) is -0.835. The monoisotopic (exact) mass is 275 g/mol. The third-order valence-electron chi connectivity index (χ3n) is 3.72. The molecule has 0 radical (unpaired) electrons. The molecule has 1 saturated carbocycles. The average Bonchev–Trinajstić information content (AvgIpc) is 2.87. The lowest BCUT2D eigenvalue weighted by atomic mass is 9.99. The fourth-order valence-electron chi connectivity index (χ4n) is 2.54.